The van der Waals surface area contributed by atoms with Gasteiger partial charge in [0.05, 0.1) is 6.61 Å². The quantitative estimate of drug-likeness (QED) is 0.507. The van der Waals surface area contributed by atoms with Crippen molar-refractivity contribution in [1.29, 1.82) is 0 Å². The van der Waals surface area contributed by atoms with E-state index in [9.17, 15) is 13.2 Å². The van der Waals surface area contributed by atoms with Crippen LogP contribution in [0.15, 0.2) is 6.07 Å². The highest BCUT2D eigenvalue weighted by molar-refractivity contribution is 14.1. The fourth-order valence-corrected chi connectivity index (χ4v) is 1.88. The first kappa shape index (κ1) is 13.8. The second kappa shape index (κ2) is 5.37. The molecular weight excluding hydrogens is 361 g/mol. The van der Waals surface area contributed by atoms with Crippen LogP contribution in [0, 0.1) is 3.70 Å². The molecule has 0 saturated heterocycles. The molecule has 1 aromatic rings. The van der Waals surface area contributed by atoms with Crippen LogP contribution in [0.4, 0.5) is 13.2 Å². The molecule has 0 saturated carbocycles. The van der Waals surface area contributed by atoms with Crippen LogP contribution in [0.1, 0.15) is 11.1 Å². The molecule has 0 amide bonds. The van der Waals surface area contributed by atoms with E-state index in [4.69, 9.17) is 16.7 Å². The predicted octanol–water partition coefficient (Wildman–Crippen LogP) is 2.82. The molecular formula is C8H6ClF3INO2. The van der Waals surface area contributed by atoms with Gasteiger partial charge in [0.1, 0.15) is 3.70 Å². The molecule has 1 aromatic heterocycles. The van der Waals surface area contributed by atoms with Gasteiger partial charge in [0.15, 0.2) is 0 Å². The van der Waals surface area contributed by atoms with Gasteiger partial charge in [0.2, 0.25) is 5.88 Å². The fourth-order valence-electron chi connectivity index (χ4n) is 1.05. The van der Waals surface area contributed by atoms with Crippen molar-refractivity contribution in [3.8, 4) is 5.88 Å². The largest absolute Gasteiger partial charge is 0.574 e. The Kier molecular flexibility index (Phi) is 4.62. The lowest BCUT2D eigenvalue weighted by atomic mass is 10.1. The van der Waals surface area contributed by atoms with E-state index < -0.39 is 18.8 Å². The van der Waals surface area contributed by atoms with Gasteiger partial charge in [-0.15, -0.1) is 24.8 Å². The molecule has 1 heterocycles. The summed E-state index contributed by atoms with van der Waals surface area (Å²) in [5.74, 6) is -0.680. The molecule has 0 bridgehead atoms. The summed E-state index contributed by atoms with van der Waals surface area (Å²) in [4.78, 5) is 3.56. The van der Waals surface area contributed by atoms with Crippen molar-refractivity contribution < 1.29 is 23.0 Å². The van der Waals surface area contributed by atoms with E-state index in [0.29, 0.717) is 9.26 Å². The van der Waals surface area contributed by atoms with Gasteiger partial charge in [-0.2, -0.15) is 0 Å². The summed E-state index contributed by atoms with van der Waals surface area (Å²) in [6, 6.07) is 1.49. The molecule has 0 aliphatic heterocycles. The first-order valence-electron chi connectivity index (χ1n) is 3.98. The number of aromatic nitrogens is 1. The number of hydrogen-bond donors (Lipinski definition) is 1. The Morgan fingerprint density at radius 3 is 2.56 bits per heavy atom. The van der Waals surface area contributed by atoms with E-state index in [1.807, 2.05) is 0 Å². The van der Waals surface area contributed by atoms with Gasteiger partial charge >= 0.3 is 6.36 Å². The molecule has 8 heteroatoms. The van der Waals surface area contributed by atoms with Crippen LogP contribution < -0.4 is 4.74 Å². The number of hydrogen-bond acceptors (Lipinski definition) is 3. The van der Waals surface area contributed by atoms with E-state index in [1.165, 1.54) is 6.07 Å². The van der Waals surface area contributed by atoms with E-state index in [2.05, 4.69) is 9.72 Å². The molecule has 0 spiro atoms. The number of aliphatic hydroxyl groups is 1. The Balaban J connectivity index is 3.20. The monoisotopic (exact) mass is 367 g/mol. The third kappa shape index (κ3) is 3.63. The molecule has 3 nitrogen and oxygen atoms in total. The molecule has 0 aliphatic carbocycles. The molecule has 0 unspecified atom stereocenters. The summed E-state index contributed by atoms with van der Waals surface area (Å²) in [6.45, 7) is -0.614. The zero-order valence-corrected chi connectivity index (χ0v) is 10.6. The normalized spacial score (nSPS) is 11.6. The van der Waals surface area contributed by atoms with Crippen LogP contribution in [0.2, 0.25) is 0 Å². The van der Waals surface area contributed by atoms with Gasteiger partial charge < -0.3 is 9.84 Å². The molecule has 0 aliphatic rings. The van der Waals surface area contributed by atoms with Crippen molar-refractivity contribution in [3.05, 3.63) is 20.9 Å². The second-order valence-corrected chi connectivity index (χ2v) is 4.10. The maximum Gasteiger partial charge on any atom is 0.574 e. The number of halogens is 5. The van der Waals surface area contributed by atoms with Crippen LogP contribution in [0.25, 0.3) is 0 Å². The molecule has 1 rings (SSSR count). The summed E-state index contributed by atoms with van der Waals surface area (Å²) in [5.41, 5.74) is 0.315. The number of pyridine rings is 1. The van der Waals surface area contributed by atoms with Crippen LogP contribution in [-0.2, 0) is 12.5 Å². The first-order valence-corrected chi connectivity index (χ1v) is 5.59. The van der Waals surface area contributed by atoms with E-state index >= 15 is 0 Å². The van der Waals surface area contributed by atoms with Gasteiger partial charge in [-0.1, -0.05) is 0 Å². The van der Waals surface area contributed by atoms with Crippen molar-refractivity contribution in [1.82, 2.24) is 4.98 Å². The van der Waals surface area contributed by atoms with Crippen LogP contribution >= 0.6 is 34.2 Å². The minimum Gasteiger partial charge on any atom is -0.391 e. The van der Waals surface area contributed by atoms with Gasteiger partial charge in [0, 0.05) is 11.4 Å². The SMILES string of the molecule is OCc1c(CCl)cc(I)nc1OC(F)(F)F. The average molecular weight is 367 g/mol. The molecule has 90 valence electrons. The fraction of sp³-hybridized carbons (Fsp3) is 0.375. The summed E-state index contributed by atoms with van der Waals surface area (Å²) in [6.07, 6.45) is -4.84. The molecule has 0 radical (unpaired) electrons. The Morgan fingerprint density at radius 2 is 2.12 bits per heavy atom. The Hall–Kier alpha value is -0.280. The lowest BCUT2D eigenvalue weighted by Crippen LogP contribution is -2.20. The summed E-state index contributed by atoms with van der Waals surface area (Å²) in [5, 5.41) is 8.97. The molecule has 16 heavy (non-hydrogen) atoms. The zero-order valence-electron chi connectivity index (χ0n) is 7.68. The maximum absolute atomic E-state index is 12.0. The minimum atomic E-state index is -4.84. The van der Waals surface area contributed by atoms with Gasteiger partial charge in [0.25, 0.3) is 0 Å². The van der Waals surface area contributed by atoms with E-state index in [1.54, 1.807) is 22.6 Å². The smallest absolute Gasteiger partial charge is 0.391 e. The number of rotatable bonds is 3. The Labute approximate surface area is 108 Å². The predicted molar refractivity (Wildman–Crippen MR) is 59.1 cm³/mol. The summed E-state index contributed by atoms with van der Waals surface area (Å²) in [7, 11) is 0. The van der Waals surface area contributed by atoms with Crippen molar-refractivity contribution in [2.45, 2.75) is 18.8 Å². The van der Waals surface area contributed by atoms with E-state index in [0.717, 1.165) is 0 Å². The lowest BCUT2D eigenvalue weighted by molar-refractivity contribution is -0.276. The van der Waals surface area contributed by atoms with Gasteiger partial charge in [-0.3, -0.25) is 0 Å². The maximum atomic E-state index is 12.0. The molecule has 0 fully saturated rings. The third-order valence-electron chi connectivity index (χ3n) is 1.66. The highest BCUT2D eigenvalue weighted by Gasteiger charge is 2.33. The summed E-state index contributed by atoms with van der Waals surface area (Å²) >= 11 is 7.29. The highest BCUT2D eigenvalue weighted by Crippen LogP contribution is 2.28. The third-order valence-corrected chi connectivity index (χ3v) is 2.50. The number of nitrogens with zero attached hydrogens (tertiary/aromatic N) is 1. The second-order valence-electron chi connectivity index (χ2n) is 2.73. The number of alkyl halides is 4. The highest BCUT2D eigenvalue weighted by atomic mass is 127. The van der Waals surface area contributed by atoms with E-state index in [-0.39, 0.29) is 11.4 Å². The van der Waals surface area contributed by atoms with Crippen molar-refractivity contribution in [2.24, 2.45) is 0 Å². The van der Waals surface area contributed by atoms with Crippen LogP contribution in [-0.4, -0.2) is 16.5 Å². The van der Waals surface area contributed by atoms with Crippen molar-refractivity contribution in [2.75, 3.05) is 0 Å². The van der Waals surface area contributed by atoms with Crippen molar-refractivity contribution >= 4 is 34.2 Å². The minimum absolute atomic E-state index is 0.0252. The molecule has 0 aromatic carbocycles. The number of ether oxygens (including phenoxy) is 1. The van der Waals surface area contributed by atoms with Crippen LogP contribution in [0.3, 0.4) is 0 Å². The Bertz CT molecular complexity index is 386. The summed E-state index contributed by atoms with van der Waals surface area (Å²) < 4.78 is 40.2. The molecule has 0 atom stereocenters. The Morgan fingerprint density at radius 1 is 1.50 bits per heavy atom. The topological polar surface area (TPSA) is 42.4 Å². The van der Waals surface area contributed by atoms with Crippen LogP contribution in [0.5, 0.6) is 5.88 Å². The molecule has 1 N–H and O–H groups in total. The van der Waals surface area contributed by atoms with Crippen molar-refractivity contribution in [3.63, 3.8) is 0 Å². The van der Waals surface area contributed by atoms with Gasteiger partial charge in [-0.05, 0) is 34.2 Å². The standard InChI is InChI=1S/C8H6ClF3INO2/c9-2-4-1-6(13)14-7(5(4)3-15)16-8(10,11)12/h1,15H,2-3H2. The van der Waals surface area contributed by atoms with Gasteiger partial charge in [-0.25, -0.2) is 4.98 Å². The first-order chi connectivity index (χ1) is 7.37. The number of aliphatic hydroxyl groups excluding tert-OH is 1. The average Bonchev–Trinajstić information content (AvgIpc) is 2.14. The lowest BCUT2D eigenvalue weighted by Gasteiger charge is -2.13. The zero-order chi connectivity index (χ0) is 12.3.